The molecule has 4 nitrogen and oxygen atoms in total. The quantitative estimate of drug-likeness (QED) is 0.796. The van der Waals surface area contributed by atoms with Gasteiger partial charge in [0.15, 0.2) is 0 Å². The van der Waals surface area contributed by atoms with E-state index < -0.39 is 17.2 Å². The molecule has 0 aliphatic carbocycles. The molecule has 2 aromatic carbocycles. The molecule has 7 heteroatoms. The van der Waals surface area contributed by atoms with E-state index in [2.05, 4.69) is 4.74 Å². The summed E-state index contributed by atoms with van der Waals surface area (Å²) in [4.78, 5) is 25.0. The zero-order valence-corrected chi connectivity index (χ0v) is 13.5. The number of hydrogen-bond donors (Lipinski definition) is 0. The van der Waals surface area contributed by atoms with Crippen LogP contribution in [0, 0.1) is 11.6 Å². The number of carbonyl (C=O) groups is 2. The van der Waals surface area contributed by atoms with Gasteiger partial charge in [-0.2, -0.15) is 0 Å². The maximum absolute atomic E-state index is 14.5. The average molecular weight is 349 g/mol. The lowest BCUT2D eigenvalue weighted by molar-refractivity contribution is -0.115. The SMILES string of the molecule is COC(=O)c1ccc(N2C(=O)CSC2c2ccc(F)cc2)c(F)c1. The molecular formula is C17H13F2NO3S. The van der Waals surface area contributed by atoms with Crippen molar-refractivity contribution in [2.45, 2.75) is 5.37 Å². The summed E-state index contributed by atoms with van der Waals surface area (Å²) in [6.45, 7) is 0. The third kappa shape index (κ3) is 2.99. The molecule has 0 bridgehead atoms. The van der Waals surface area contributed by atoms with Gasteiger partial charge in [-0.15, -0.1) is 11.8 Å². The summed E-state index contributed by atoms with van der Waals surface area (Å²) in [5.74, 6) is -1.79. The monoisotopic (exact) mass is 349 g/mol. The number of rotatable bonds is 3. The van der Waals surface area contributed by atoms with Gasteiger partial charge in [0.25, 0.3) is 0 Å². The molecule has 2 aromatic rings. The molecule has 0 spiro atoms. The van der Waals surface area contributed by atoms with Crippen LogP contribution in [0.15, 0.2) is 42.5 Å². The maximum atomic E-state index is 14.5. The Kier molecular flexibility index (Phi) is 4.53. The molecule has 1 heterocycles. The Bertz CT molecular complexity index is 795. The molecule has 0 N–H and O–H groups in total. The second kappa shape index (κ2) is 6.60. The van der Waals surface area contributed by atoms with Gasteiger partial charge in [0.1, 0.15) is 17.0 Å². The zero-order valence-electron chi connectivity index (χ0n) is 12.7. The second-order valence-corrected chi connectivity index (χ2v) is 6.20. The number of methoxy groups -OCH3 is 1. The van der Waals surface area contributed by atoms with Crippen molar-refractivity contribution >= 4 is 29.3 Å². The number of ether oxygens (including phenoxy) is 1. The molecule has 1 amide bonds. The van der Waals surface area contributed by atoms with Crippen LogP contribution in [0.25, 0.3) is 0 Å². The highest BCUT2D eigenvalue weighted by molar-refractivity contribution is 8.00. The average Bonchev–Trinajstić information content (AvgIpc) is 2.96. The van der Waals surface area contributed by atoms with Crippen LogP contribution >= 0.6 is 11.8 Å². The highest BCUT2D eigenvalue weighted by Crippen LogP contribution is 2.42. The number of anilines is 1. The molecule has 1 unspecified atom stereocenters. The largest absolute Gasteiger partial charge is 0.465 e. The van der Waals surface area contributed by atoms with E-state index >= 15 is 0 Å². The smallest absolute Gasteiger partial charge is 0.337 e. The van der Waals surface area contributed by atoms with E-state index in [0.29, 0.717) is 5.56 Å². The zero-order chi connectivity index (χ0) is 17.3. The lowest BCUT2D eigenvalue weighted by Gasteiger charge is -2.25. The first-order valence-electron chi connectivity index (χ1n) is 7.08. The van der Waals surface area contributed by atoms with Crippen molar-refractivity contribution in [2.75, 3.05) is 17.8 Å². The van der Waals surface area contributed by atoms with Crippen LogP contribution in [0.4, 0.5) is 14.5 Å². The van der Waals surface area contributed by atoms with Crippen LogP contribution in [-0.4, -0.2) is 24.7 Å². The van der Waals surface area contributed by atoms with Gasteiger partial charge < -0.3 is 4.74 Å². The van der Waals surface area contributed by atoms with E-state index in [1.807, 2.05) is 0 Å². The first kappa shape index (κ1) is 16.4. The van der Waals surface area contributed by atoms with Crippen molar-refractivity contribution in [3.8, 4) is 0 Å². The minimum Gasteiger partial charge on any atom is -0.465 e. The molecule has 0 radical (unpaired) electrons. The molecule has 1 aliphatic heterocycles. The fraction of sp³-hybridized carbons (Fsp3) is 0.176. The van der Waals surface area contributed by atoms with E-state index in [9.17, 15) is 18.4 Å². The van der Waals surface area contributed by atoms with Crippen LogP contribution in [-0.2, 0) is 9.53 Å². The number of esters is 1. The predicted octanol–water partition coefficient (Wildman–Crippen LogP) is 3.53. The Hall–Kier alpha value is -2.41. The molecule has 0 aromatic heterocycles. The van der Waals surface area contributed by atoms with E-state index in [1.54, 1.807) is 12.1 Å². The lowest BCUT2D eigenvalue weighted by Crippen LogP contribution is -2.28. The van der Waals surface area contributed by atoms with E-state index in [-0.39, 0.29) is 28.7 Å². The molecule has 3 rings (SSSR count). The minimum atomic E-state index is -0.694. The molecule has 0 saturated carbocycles. The number of hydrogen-bond acceptors (Lipinski definition) is 4. The standard InChI is InChI=1S/C17H13F2NO3S/c1-23-17(22)11-4-7-14(13(19)8-11)20-15(21)9-24-16(20)10-2-5-12(18)6-3-10/h2-8,16H,9H2,1H3. The summed E-state index contributed by atoms with van der Waals surface area (Å²) in [6, 6.07) is 9.56. The third-order valence-corrected chi connectivity index (χ3v) is 4.86. The van der Waals surface area contributed by atoms with Crippen molar-refractivity contribution in [3.63, 3.8) is 0 Å². The second-order valence-electron chi connectivity index (χ2n) is 5.14. The number of nitrogens with zero attached hydrogens (tertiary/aromatic N) is 1. The van der Waals surface area contributed by atoms with Crippen LogP contribution < -0.4 is 4.90 Å². The number of amides is 1. The van der Waals surface area contributed by atoms with Crippen molar-refractivity contribution in [1.29, 1.82) is 0 Å². The van der Waals surface area contributed by atoms with Gasteiger partial charge in [0.2, 0.25) is 5.91 Å². The minimum absolute atomic E-state index is 0.0661. The Morgan fingerprint density at radius 2 is 1.92 bits per heavy atom. The first-order valence-corrected chi connectivity index (χ1v) is 8.13. The first-order chi connectivity index (χ1) is 11.5. The van der Waals surface area contributed by atoms with Crippen LogP contribution in [0.5, 0.6) is 0 Å². The third-order valence-electron chi connectivity index (χ3n) is 3.65. The summed E-state index contributed by atoms with van der Waals surface area (Å²) in [5, 5.41) is -0.448. The van der Waals surface area contributed by atoms with E-state index in [4.69, 9.17) is 0 Å². The highest BCUT2D eigenvalue weighted by atomic mass is 32.2. The highest BCUT2D eigenvalue weighted by Gasteiger charge is 2.35. The lowest BCUT2D eigenvalue weighted by atomic mass is 10.1. The maximum Gasteiger partial charge on any atom is 0.337 e. The number of thioether (sulfide) groups is 1. The van der Waals surface area contributed by atoms with Crippen molar-refractivity contribution < 1.29 is 23.1 Å². The predicted molar refractivity (Wildman–Crippen MR) is 86.8 cm³/mol. The number of benzene rings is 2. The Morgan fingerprint density at radius 3 is 2.54 bits per heavy atom. The molecule has 1 atom stereocenters. The molecule has 24 heavy (non-hydrogen) atoms. The summed E-state index contributed by atoms with van der Waals surface area (Å²) in [6.07, 6.45) is 0. The molecule has 124 valence electrons. The van der Waals surface area contributed by atoms with Crippen LogP contribution in [0.2, 0.25) is 0 Å². The van der Waals surface area contributed by atoms with Gasteiger partial charge in [-0.05, 0) is 35.9 Å². The topological polar surface area (TPSA) is 46.6 Å². The summed E-state index contributed by atoms with van der Waals surface area (Å²) in [7, 11) is 1.21. The molecule has 1 fully saturated rings. The number of halogens is 2. The van der Waals surface area contributed by atoms with Gasteiger partial charge in [-0.1, -0.05) is 12.1 Å². The Balaban J connectivity index is 1.98. The molecule has 1 aliphatic rings. The van der Waals surface area contributed by atoms with Crippen molar-refractivity contribution in [2.24, 2.45) is 0 Å². The van der Waals surface area contributed by atoms with Gasteiger partial charge in [0.05, 0.1) is 24.1 Å². The van der Waals surface area contributed by atoms with Gasteiger partial charge in [-0.25, -0.2) is 13.6 Å². The Morgan fingerprint density at radius 1 is 1.21 bits per heavy atom. The fourth-order valence-electron chi connectivity index (χ4n) is 2.51. The normalized spacial score (nSPS) is 17.2. The summed E-state index contributed by atoms with van der Waals surface area (Å²) in [5.41, 5.74) is 0.840. The van der Waals surface area contributed by atoms with Gasteiger partial charge >= 0.3 is 5.97 Å². The Labute approximate surface area is 141 Å². The number of carbonyl (C=O) groups excluding carboxylic acids is 2. The molecular weight excluding hydrogens is 336 g/mol. The van der Waals surface area contributed by atoms with Gasteiger partial charge in [-0.3, -0.25) is 9.69 Å². The van der Waals surface area contributed by atoms with Gasteiger partial charge in [0, 0.05) is 0 Å². The summed E-state index contributed by atoms with van der Waals surface area (Å²) >= 11 is 1.33. The van der Waals surface area contributed by atoms with E-state index in [0.717, 1.165) is 6.07 Å². The van der Waals surface area contributed by atoms with Crippen LogP contribution in [0.1, 0.15) is 21.3 Å². The molecule has 1 saturated heterocycles. The fourth-order valence-corrected chi connectivity index (χ4v) is 3.67. The van der Waals surface area contributed by atoms with E-state index in [1.165, 1.54) is 48.0 Å². The van der Waals surface area contributed by atoms with Crippen molar-refractivity contribution in [3.05, 3.63) is 65.2 Å². The van der Waals surface area contributed by atoms with Crippen molar-refractivity contribution in [1.82, 2.24) is 0 Å². The van der Waals surface area contributed by atoms with Crippen LogP contribution in [0.3, 0.4) is 0 Å². The summed E-state index contributed by atoms with van der Waals surface area (Å²) < 4.78 is 32.1.